The predicted molar refractivity (Wildman–Crippen MR) is 66.7 cm³/mol. The number of rotatable bonds is 3. The summed E-state index contributed by atoms with van der Waals surface area (Å²) >= 11 is 0. The van der Waals surface area contributed by atoms with Gasteiger partial charge in [-0.3, -0.25) is 4.79 Å². The van der Waals surface area contributed by atoms with Crippen LogP contribution >= 0.6 is 0 Å². The Balaban J connectivity index is 2.16. The number of carbonyl (C=O) groups excluding carboxylic acids is 1. The van der Waals surface area contributed by atoms with Crippen LogP contribution in [0.3, 0.4) is 0 Å². The molecule has 0 radical (unpaired) electrons. The maximum absolute atomic E-state index is 13.1. The third-order valence-electron chi connectivity index (χ3n) is 3.42. The molecule has 5 heteroatoms. The van der Waals surface area contributed by atoms with Gasteiger partial charge >= 0.3 is 0 Å². The van der Waals surface area contributed by atoms with Crippen molar-refractivity contribution in [1.82, 2.24) is 4.90 Å². The van der Waals surface area contributed by atoms with Crippen LogP contribution in [0.4, 0.5) is 8.78 Å². The predicted octanol–water partition coefficient (Wildman–Crippen LogP) is 2.34. The Bertz CT molecular complexity index is 477. The number of aliphatic hydroxyl groups excluding tert-OH is 1. The molecule has 0 aromatic heterocycles. The fourth-order valence-corrected chi connectivity index (χ4v) is 2.54. The molecule has 2 rings (SSSR count). The second kappa shape index (κ2) is 5.65. The largest absolute Gasteiger partial charge is 0.393 e. The van der Waals surface area contributed by atoms with Crippen LogP contribution in [0.1, 0.15) is 36.5 Å². The lowest BCUT2D eigenvalue weighted by Gasteiger charge is -2.25. The van der Waals surface area contributed by atoms with Crippen molar-refractivity contribution in [3.8, 4) is 0 Å². The highest BCUT2D eigenvalue weighted by atomic mass is 19.2. The van der Waals surface area contributed by atoms with Crippen LogP contribution in [0.25, 0.3) is 0 Å². The Morgan fingerprint density at radius 3 is 2.84 bits per heavy atom. The molecule has 1 N–H and O–H groups in total. The fourth-order valence-electron chi connectivity index (χ4n) is 2.54. The van der Waals surface area contributed by atoms with E-state index in [2.05, 4.69) is 0 Å². The number of aliphatic hydroxyl groups is 1. The molecular weight excluding hydrogens is 252 g/mol. The van der Waals surface area contributed by atoms with E-state index >= 15 is 0 Å². The van der Waals surface area contributed by atoms with Crippen LogP contribution in [-0.4, -0.2) is 34.6 Å². The summed E-state index contributed by atoms with van der Waals surface area (Å²) in [6, 6.07) is 3.15. The molecular formula is C14H17F2NO2. The standard InChI is InChI=1S/C14H17F2NO2/c1-9(18)7-11-3-2-6-17(11)14(19)10-4-5-12(15)13(16)8-10/h4-5,8-9,11,18H,2-3,6-7H2,1H3. The average Bonchev–Trinajstić information content (AvgIpc) is 2.79. The highest BCUT2D eigenvalue weighted by Crippen LogP contribution is 2.24. The molecule has 19 heavy (non-hydrogen) atoms. The summed E-state index contributed by atoms with van der Waals surface area (Å²) in [5.74, 6) is -2.28. The van der Waals surface area contributed by atoms with E-state index in [4.69, 9.17) is 0 Å². The molecule has 1 aliphatic rings. The van der Waals surface area contributed by atoms with Crippen LogP contribution in [0.5, 0.6) is 0 Å². The van der Waals surface area contributed by atoms with Crippen molar-refractivity contribution in [2.45, 2.75) is 38.3 Å². The van der Waals surface area contributed by atoms with Crippen molar-refractivity contribution < 1.29 is 18.7 Å². The molecule has 1 fully saturated rings. The smallest absolute Gasteiger partial charge is 0.254 e. The molecule has 1 heterocycles. The quantitative estimate of drug-likeness (QED) is 0.915. The maximum atomic E-state index is 13.1. The highest BCUT2D eigenvalue weighted by molar-refractivity contribution is 5.94. The molecule has 0 saturated carbocycles. The lowest BCUT2D eigenvalue weighted by molar-refractivity contribution is 0.0681. The Kier molecular flexibility index (Phi) is 4.14. The third-order valence-corrected chi connectivity index (χ3v) is 3.42. The molecule has 1 amide bonds. The number of hydrogen-bond donors (Lipinski definition) is 1. The molecule has 2 unspecified atom stereocenters. The molecule has 104 valence electrons. The van der Waals surface area contributed by atoms with E-state index in [0.29, 0.717) is 13.0 Å². The van der Waals surface area contributed by atoms with Gasteiger partial charge in [-0.1, -0.05) is 0 Å². The Morgan fingerprint density at radius 2 is 2.21 bits per heavy atom. The topological polar surface area (TPSA) is 40.5 Å². The van der Waals surface area contributed by atoms with Gasteiger partial charge in [0, 0.05) is 18.2 Å². The second-order valence-electron chi connectivity index (χ2n) is 5.01. The van der Waals surface area contributed by atoms with Crippen molar-refractivity contribution in [1.29, 1.82) is 0 Å². The molecule has 0 aliphatic carbocycles. The number of likely N-dealkylation sites (tertiary alicyclic amines) is 1. The number of halogens is 2. The summed E-state index contributed by atoms with van der Waals surface area (Å²) in [6.07, 6.45) is 1.73. The molecule has 3 nitrogen and oxygen atoms in total. The Morgan fingerprint density at radius 1 is 1.47 bits per heavy atom. The number of nitrogens with zero attached hydrogens (tertiary/aromatic N) is 1. The van der Waals surface area contributed by atoms with E-state index in [9.17, 15) is 18.7 Å². The molecule has 2 atom stereocenters. The molecule has 1 aromatic carbocycles. The fraction of sp³-hybridized carbons (Fsp3) is 0.500. The first kappa shape index (κ1) is 13.9. The number of amides is 1. The third kappa shape index (κ3) is 3.10. The van der Waals surface area contributed by atoms with Gasteiger partial charge in [-0.25, -0.2) is 8.78 Å². The van der Waals surface area contributed by atoms with Gasteiger partial charge in [-0.2, -0.15) is 0 Å². The van der Waals surface area contributed by atoms with Crippen LogP contribution in [0.2, 0.25) is 0 Å². The molecule has 1 aliphatic heterocycles. The van der Waals surface area contributed by atoms with Crippen LogP contribution in [0, 0.1) is 11.6 Å². The molecule has 1 saturated heterocycles. The summed E-state index contributed by atoms with van der Waals surface area (Å²) < 4.78 is 26.0. The van der Waals surface area contributed by atoms with E-state index in [1.54, 1.807) is 11.8 Å². The van der Waals surface area contributed by atoms with Gasteiger partial charge in [-0.05, 0) is 44.4 Å². The molecule has 0 bridgehead atoms. The summed E-state index contributed by atoms with van der Waals surface area (Å²) in [5, 5.41) is 9.42. The highest BCUT2D eigenvalue weighted by Gasteiger charge is 2.30. The summed E-state index contributed by atoms with van der Waals surface area (Å²) in [7, 11) is 0. The van der Waals surface area contributed by atoms with Crippen molar-refractivity contribution in [3.63, 3.8) is 0 Å². The minimum atomic E-state index is -1.02. The van der Waals surface area contributed by atoms with Gasteiger partial charge in [0.1, 0.15) is 0 Å². The maximum Gasteiger partial charge on any atom is 0.254 e. The molecule has 1 aromatic rings. The summed E-state index contributed by atoms with van der Waals surface area (Å²) in [6.45, 7) is 2.27. The number of carbonyl (C=O) groups is 1. The Labute approximate surface area is 110 Å². The summed E-state index contributed by atoms with van der Waals surface area (Å²) in [5.41, 5.74) is 0.149. The van der Waals surface area contributed by atoms with Crippen LogP contribution in [-0.2, 0) is 0 Å². The van der Waals surface area contributed by atoms with Crippen LogP contribution < -0.4 is 0 Å². The van der Waals surface area contributed by atoms with E-state index < -0.39 is 17.7 Å². The normalized spacial score (nSPS) is 20.6. The van der Waals surface area contributed by atoms with Gasteiger partial charge in [0.05, 0.1) is 6.10 Å². The zero-order valence-corrected chi connectivity index (χ0v) is 10.8. The summed E-state index contributed by atoms with van der Waals surface area (Å²) in [4.78, 5) is 13.9. The molecule has 0 spiro atoms. The lowest BCUT2D eigenvalue weighted by Crippen LogP contribution is -2.37. The number of hydrogen-bond acceptors (Lipinski definition) is 2. The van der Waals surface area contributed by atoms with E-state index in [1.165, 1.54) is 6.07 Å². The van der Waals surface area contributed by atoms with Crippen molar-refractivity contribution >= 4 is 5.91 Å². The van der Waals surface area contributed by atoms with Gasteiger partial charge in [0.15, 0.2) is 11.6 Å². The minimum Gasteiger partial charge on any atom is -0.393 e. The zero-order chi connectivity index (χ0) is 14.0. The number of benzene rings is 1. The van der Waals surface area contributed by atoms with Crippen molar-refractivity contribution in [2.75, 3.05) is 6.54 Å². The lowest BCUT2D eigenvalue weighted by atomic mass is 10.1. The van der Waals surface area contributed by atoms with Gasteiger partial charge in [0.2, 0.25) is 0 Å². The van der Waals surface area contributed by atoms with E-state index in [-0.39, 0.29) is 17.5 Å². The minimum absolute atomic E-state index is 0.0272. The Hall–Kier alpha value is -1.49. The van der Waals surface area contributed by atoms with E-state index in [1.807, 2.05) is 0 Å². The SMILES string of the molecule is CC(O)CC1CCCN1C(=O)c1ccc(F)c(F)c1. The first-order valence-electron chi connectivity index (χ1n) is 6.43. The first-order valence-corrected chi connectivity index (χ1v) is 6.43. The monoisotopic (exact) mass is 269 g/mol. The first-order chi connectivity index (χ1) is 8.99. The van der Waals surface area contributed by atoms with Gasteiger partial charge in [-0.15, -0.1) is 0 Å². The van der Waals surface area contributed by atoms with Gasteiger partial charge < -0.3 is 10.0 Å². The van der Waals surface area contributed by atoms with E-state index in [0.717, 1.165) is 25.0 Å². The van der Waals surface area contributed by atoms with Gasteiger partial charge in [0.25, 0.3) is 5.91 Å². The second-order valence-corrected chi connectivity index (χ2v) is 5.01. The van der Waals surface area contributed by atoms with Crippen molar-refractivity contribution in [2.24, 2.45) is 0 Å². The zero-order valence-electron chi connectivity index (χ0n) is 10.8. The van der Waals surface area contributed by atoms with Crippen LogP contribution in [0.15, 0.2) is 18.2 Å². The average molecular weight is 269 g/mol. The van der Waals surface area contributed by atoms with Crippen molar-refractivity contribution in [3.05, 3.63) is 35.4 Å².